The first-order valence-electron chi connectivity index (χ1n) is 29.5. The molecule has 1 aliphatic carbocycles. The molecule has 11 rings (SSSR count). The molecular weight excluding hydrogens is 689 g/mol. The highest BCUT2D eigenvalue weighted by atomic mass is 15.1. The molecule has 2 heteroatoms. The van der Waals surface area contributed by atoms with Crippen LogP contribution in [0.15, 0.2) is 206 Å². The molecule has 0 saturated carbocycles. The molecule has 1 heterocycles. The molecule has 10 aromatic rings. The fraction of sp³-hybridized carbons (Fsp3) is 0.0545. The molecule has 1 unspecified atom stereocenters. The van der Waals surface area contributed by atoms with Gasteiger partial charge in [-0.25, -0.2) is 0 Å². The zero-order valence-corrected chi connectivity index (χ0v) is 30.0. The van der Waals surface area contributed by atoms with Crippen LogP contribution < -0.4 is 4.90 Å². The lowest BCUT2D eigenvalue weighted by atomic mass is 9.82. The van der Waals surface area contributed by atoms with Crippen molar-refractivity contribution in [3.8, 4) is 39.1 Å². The molecule has 1 aromatic heterocycles. The van der Waals surface area contributed by atoms with Crippen molar-refractivity contribution in [2.45, 2.75) is 19.2 Å². The van der Waals surface area contributed by atoms with Crippen molar-refractivity contribution < 1.29 is 31.5 Å². The van der Waals surface area contributed by atoms with E-state index >= 15 is 0 Å². The van der Waals surface area contributed by atoms with E-state index in [0.717, 1.165) is 39.8 Å². The van der Waals surface area contributed by atoms with E-state index in [2.05, 4.69) is 4.57 Å². The van der Waals surface area contributed by atoms with Gasteiger partial charge in [-0.05, 0) is 98.8 Å². The fourth-order valence-electron chi connectivity index (χ4n) is 7.79. The number of fused-ring (bicyclic) bond motifs is 7. The van der Waals surface area contributed by atoms with E-state index in [0.29, 0.717) is 10.3 Å². The van der Waals surface area contributed by atoms with Gasteiger partial charge in [0, 0.05) is 42.6 Å². The number of nitrogens with zero attached hydrogens (tertiary/aromatic N) is 2. The largest absolute Gasteiger partial charge is 0.310 e. The number of aromatic nitrogens is 1. The molecule has 1 atom stereocenters. The van der Waals surface area contributed by atoms with Crippen molar-refractivity contribution in [1.29, 1.82) is 0 Å². The smallest absolute Gasteiger partial charge is 0.0648 e. The SMILES string of the molecule is [2H]c1c([2H])c([2H])c(-c2c([2H])c([2H])c([2H])c([2H])c2N(c2c([2H])c([2H])c(-c3ccc4c(c3)c3ccccc3n4-c3cccc4ccccc34)c([2H])c2[2H])c2c([2H])c([2H])c3c(c2[2H])C(C)(C([2H])([2H])[2H])c2c([2H])c([2H])c([2H])c([2H])c2-3)c([2H])c1[2H]. The number of para-hydroxylation sites is 2. The zero-order chi connectivity index (χ0) is 58.0. The van der Waals surface area contributed by atoms with Gasteiger partial charge in [0.2, 0.25) is 0 Å². The van der Waals surface area contributed by atoms with Crippen LogP contribution in [0.5, 0.6) is 0 Å². The fourth-order valence-corrected chi connectivity index (χ4v) is 7.79. The molecule has 0 bridgehead atoms. The van der Waals surface area contributed by atoms with Gasteiger partial charge in [0.25, 0.3) is 0 Å². The number of hydrogen-bond acceptors (Lipinski definition) is 1. The Balaban J connectivity index is 1.27. The van der Waals surface area contributed by atoms with Gasteiger partial charge in [0.15, 0.2) is 0 Å². The number of anilines is 3. The normalized spacial score (nSPS) is 20.5. The summed E-state index contributed by atoms with van der Waals surface area (Å²) in [5.41, 5.74) is -7.42. The van der Waals surface area contributed by atoms with E-state index < -0.39 is 184 Å². The van der Waals surface area contributed by atoms with E-state index in [1.165, 1.54) is 0 Å². The van der Waals surface area contributed by atoms with Gasteiger partial charge in [-0.3, -0.25) is 0 Å². The van der Waals surface area contributed by atoms with Crippen molar-refractivity contribution in [3.05, 3.63) is 217 Å². The van der Waals surface area contributed by atoms with Gasteiger partial charge in [-0.15, -0.1) is 0 Å². The quantitative estimate of drug-likeness (QED) is 0.164. The Labute approximate surface area is 365 Å². The highest BCUT2D eigenvalue weighted by Crippen LogP contribution is 2.51. The Morgan fingerprint density at radius 1 is 0.509 bits per heavy atom. The maximum Gasteiger partial charge on any atom is 0.0648 e. The summed E-state index contributed by atoms with van der Waals surface area (Å²) in [6.45, 7) is -2.28. The van der Waals surface area contributed by atoms with E-state index in [9.17, 15) is 12.3 Å². The van der Waals surface area contributed by atoms with Crippen LogP contribution >= 0.6 is 0 Å². The first-order valence-corrected chi connectivity index (χ1v) is 18.0. The van der Waals surface area contributed by atoms with Crippen LogP contribution in [0, 0.1) is 0 Å². The average molecular weight is 752 g/mol. The molecule has 0 aliphatic heterocycles. The van der Waals surface area contributed by atoms with Crippen molar-refractivity contribution in [3.63, 3.8) is 0 Å². The predicted octanol–water partition coefficient (Wildman–Crippen LogP) is 15.0. The molecule has 0 radical (unpaired) electrons. The standard InChI is InChI=1S/C55H40N2/c1-55(2)49-23-11-8-21-45(49)46-33-32-42(36-50(46)55)56(51-24-12-9-20-43(51)38-15-4-3-5-16-38)41-30-27-37(28-31-41)40-29-34-54-48(35-40)47-22-10-13-25-53(47)57(54)52-26-14-18-39-17-6-7-19-44(39)52/h3-36H,1-2H3/i1D3,3D,4D,5D,8D,9D,11D,12D,15D,16D,20D,21D,23D,24D,27D,28D,30D,31D,32D,33D,36D. The van der Waals surface area contributed by atoms with Crippen LogP contribution in [0.1, 0.15) is 56.4 Å². The summed E-state index contributed by atoms with van der Waals surface area (Å²) in [6.07, 6.45) is 0. The summed E-state index contributed by atoms with van der Waals surface area (Å²) < 4.78 is 213. The summed E-state index contributed by atoms with van der Waals surface area (Å²) in [7, 11) is 0. The minimum absolute atomic E-state index is 0.175. The molecule has 0 saturated heterocycles. The van der Waals surface area contributed by atoms with E-state index in [4.69, 9.17) is 19.2 Å². The molecule has 0 N–H and O–H groups in total. The summed E-state index contributed by atoms with van der Waals surface area (Å²) >= 11 is 0. The van der Waals surface area contributed by atoms with Crippen LogP contribution in [-0.4, -0.2) is 4.57 Å². The topological polar surface area (TPSA) is 8.17 Å². The molecule has 9 aromatic carbocycles. The van der Waals surface area contributed by atoms with Gasteiger partial charge in [-0.1, -0.05) is 165 Å². The first kappa shape index (κ1) is 17.3. The van der Waals surface area contributed by atoms with Crippen LogP contribution in [0.3, 0.4) is 0 Å². The lowest BCUT2D eigenvalue weighted by Crippen LogP contribution is -2.16. The maximum atomic E-state index is 10.1. The Bertz CT molecular complexity index is 4390. The number of rotatable bonds is 6. The molecule has 0 spiro atoms. The van der Waals surface area contributed by atoms with Crippen molar-refractivity contribution in [2.75, 3.05) is 4.90 Å². The third-order valence-electron chi connectivity index (χ3n) is 10.4. The van der Waals surface area contributed by atoms with Crippen molar-refractivity contribution in [1.82, 2.24) is 4.57 Å². The number of benzene rings is 9. The van der Waals surface area contributed by atoms with Gasteiger partial charge in [0.1, 0.15) is 0 Å². The first-order chi connectivity index (χ1) is 37.6. The van der Waals surface area contributed by atoms with E-state index in [-0.39, 0.29) is 11.1 Å². The minimum Gasteiger partial charge on any atom is -0.310 e. The summed E-state index contributed by atoms with van der Waals surface area (Å²) in [5, 5.41) is 3.35. The Hall–Kier alpha value is -7.16. The molecule has 0 amide bonds. The van der Waals surface area contributed by atoms with Crippen LogP contribution in [0.2, 0.25) is 0 Å². The van der Waals surface area contributed by atoms with Gasteiger partial charge >= 0.3 is 0 Å². The van der Waals surface area contributed by atoms with E-state index in [1.807, 2.05) is 66.7 Å². The monoisotopic (exact) mass is 751 g/mol. The van der Waals surface area contributed by atoms with Crippen molar-refractivity contribution in [2.24, 2.45) is 0 Å². The van der Waals surface area contributed by atoms with Gasteiger partial charge < -0.3 is 9.47 Å². The lowest BCUT2D eigenvalue weighted by molar-refractivity contribution is 0.660. The van der Waals surface area contributed by atoms with Crippen LogP contribution in [0.25, 0.3) is 71.6 Å². The second-order valence-corrected chi connectivity index (χ2v) is 13.7. The average Bonchev–Trinajstić information content (AvgIpc) is 4.16. The summed E-state index contributed by atoms with van der Waals surface area (Å²) in [4.78, 5) is 0.528. The third-order valence-corrected chi connectivity index (χ3v) is 10.4. The minimum atomic E-state index is -3.33. The summed E-state index contributed by atoms with van der Waals surface area (Å²) in [6, 6.07) is 7.25. The third kappa shape index (κ3) is 5.25. The van der Waals surface area contributed by atoms with Gasteiger partial charge in [0.05, 0.1) is 49.8 Å². The number of hydrogen-bond donors (Lipinski definition) is 0. The van der Waals surface area contributed by atoms with Crippen LogP contribution in [-0.2, 0) is 5.41 Å². The van der Waals surface area contributed by atoms with E-state index in [1.54, 1.807) is 18.2 Å². The Kier molecular flexibility index (Phi) is 3.94. The Morgan fingerprint density at radius 2 is 1.19 bits per heavy atom. The second kappa shape index (κ2) is 13.0. The van der Waals surface area contributed by atoms with Gasteiger partial charge in [-0.2, -0.15) is 0 Å². The second-order valence-electron chi connectivity index (χ2n) is 13.7. The Morgan fingerprint density at radius 3 is 2.05 bits per heavy atom. The van der Waals surface area contributed by atoms with Crippen molar-refractivity contribution >= 4 is 49.6 Å². The maximum absolute atomic E-state index is 10.1. The van der Waals surface area contributed by atoms with Crippen LogP contribution in [0.4, 0.5) is 17.1 Å². The molecule has 1 aliphatic rings. The predicted molar refractivity (Wildman–Crippen MR) is 241 cm³/mol. The highest BCUT2D eigenvalue weighted by Gasteiger charge is 2.36. The summed E-state index contributed by atoms with van der Waals surface area (Å²) in [5.74, 6) is 0. The molecule has 57 heavy (non-hydrogen) atoms. The molecule has 270 valence electrons. The lowest BCUT2D eigenvalue weighted by Gasteiger charge is -2.30. The molecule has 2 nitrogen and oxygen atoms in total. The zero-order valence-electron chi connectivity index (χ0n) is 53.0. The molecular formula is C55H40N2. The molecule has 0 fully saturated rings. The highest BCUT2D eigenvalue weighted by molar-refractivity contribution is 6.11.